The van der Waals surface area contributed by atoms with Crippen LogP contribution in [-0.4, -0.2) is 39.0 Å². The molecule has 0 saturated carbocycles. The number of thioether (sulfide) groups is 1. The molecule has 0 unspecified atom stereocenters. The molecule has 0 atom stereocenters. The van der Waals surface area contributed by atoms with Gasteiger partial charge in [-0.2, -0.15) is 0 Å². The fraction of sp³-hybridized carbons (Fsp3) is 0.304. The van der Waals surface area contributed by atoms with Gasteiger partial charge >= 0.3 is 5.97 Å². The quantitative estimate of drug-likeness (QED) is 0.240. The van der Waals surface area contributed by atoms with Crippen LogP contribution in [0.25, 0.3) is 0 Å². The molecule has 0 bridgehead atoms. The van der Waals surface area contributed by atoms with E-state index in [1.807, 2.05) is 48.7 Å². The van der Waals surface area contributed by atoms with Crippen molar-refractivity contribution in [2.24, 2.45) is 0 Å². The molecule has 0 saturated heterocycles. The summed E-state index contributed by atoms with van der Waals surface area (Å²) >= 11 is 2.61. The van der Waals surface area contributed by atoms with Gasteiger partial charge in [-0.3, -0.25) is 9.36 Å². The topological polar surface area (TPSA) is 95.3 Å². The number of benzene rings is 1. The summed E-state index contributed by atoms with van der Waals surface area (Å²) < 4.78 is 12.8. The Bertz CT molecular complexity index is 1130. The molecule has 0 fully saturated rings. The number of hydrogen-bond acceptors (Lipinski definition) is 8. The van der Waals surface area contributed by atoms with Crippen LogP contribution in [0.2, 0.25) is 0 Å². The molecule has 3 aromatic rings. The van der Waals surface area contributed by atoms with Crippen molar-refractivity contribution in [2.75, 3.05) is 17.7 Å². The summed E-state index contributed by atoms with van der Waals surface area (Å²) in [5.74, 6) is 0.791. The number of thiophene rings is 1. The third-order valence-corrected chi connectivity index (χ3v) is 6.76. The number of anilines is 1. The normalized spacial score (nSPS) is 10.6. The van der Waals surface area contributed by atoms with Crippen LogP contribution in [0.5, 0.6) is 5.75 Å². The first-order valence-corrected chi connectivity index (χ1v) is 12.1. The molecule has 0 spiro atoms. The number of carbonyl (C=O) groups excluding carboxylic acids is 2. The van der Waals surface area contributed by atoms with Crippen molar-refractivity contribution in [3.05, 3.63) is 64.8 Å². The van der Waals surface area contributed by atoms with Crippen LogP contribution < -0.4 is 10.1 Å². The number of carbonyl (C=O) groups is 2. The van der Waals surface area contributed by atoms with E-state index >= 15 is 0 Å². The Morgan fingerprint density at radius 2 is 2.00 bits per heavy atom. The van der Waals surface area contributed by atoms with Gasteiger partial charge in [0.15, 0.2) is 11.0 Å². The molecule has 0 aliphatic heterocycles. The molecule has 0 aliphatic carbocycles. The maximum Gasteiger partial charge on any atom is 0.341 e. The summed E-state index contributed by atoms with van der Waals surface area (Å²) in [6, 6.07) is 9.45. The minimum Gasteiger partial charge on any atom is -0.486 e. The Kier molecular flexibility index (Phi) is 8.67. The molecular formula is C23H26N4O4S2. The molecule has 33 heavy (non-hydrogen) atoms. The summed E-state index contributed by atoms with van der Waals surface area (Å²) in [5.41, 5.74) is 1.23. The van der Waals surface area contributed by atoms with Crippen LogP contribution in [0.15, 0.2) is 48.1 Å². The van der Waals surface area contributed by atoms with Crippen LogP contribution in [0, 0.1) is 13.8 Å². The first kappa shape index (κ1) is 24.5. The van der Waals surface area contributed by atoms with Crippen molar-refractivity contribution in [3.8, 4) is 5.75 Å². The molecule has 2 heterocycles. The molecule has 0 radical (unpaired) electrons. The molecule has 174 valence electrons. The maximum absolute atomic E-state index is 12.6. The van der Waals surface area contributed by atoms with Crippen molar-refractivity contribution in [3.63, 3.8) is 0 Å². The molecule has 1 aromatic carbocycles. The highest BCUT2D eigenvalue weighted by Crippen LogP contribution is 2.33. The zero-order valence-corrected chi connectivity index (χ0v) is 20.4. The first-order chi connectivity index (χ1) is 15.9. The van der Waals surface area contributed by atoms with Gasteiger partial charge in [0.05, 0.1) is 17.9 Å². The molecule has 1 N–H and O–H groups in total. The lowest BCUT2D eigenvalue weighted by molar-refractivity contribution is -0.113. The molecule has 10 heteroatoms. The van der Waals surface area contributed by atoms with E-state index < -0.39 is 5.97 Å². The fourth-order valence-electron chi connectivity index (χ4n) is 2.97. The van der Waals surface area contributed by atoms with E-state index in [2.05, 4.69) is 22.1 Å². The van der Waals surface area contributed by atoms with Crippen molar-refractivity contribution >= 4 is 40.0 Å². The van der Waals surface area contributed by atoms with Crippen molar-refractivity contribution in [1.29, 1.82) is 0 Å². The number of amides is 1. The number of hydrogen-bond donors (Lipinski definition) is 1. The Morgan fingerprint density at radius 1 is 1.24 bits per heavy atom. The lowest BCUT2D eigenvalue weighted by Gasteiger charge is -2.09. The number of aryl methyl sites for hydroxylation is 1. The van der Waals surface area contributed by atoms with Gasteiger partial charge in [-0.15, -0.1) is 28.1 Å². The summed E-state index contributed by atoms with van der Waals surface area (Å²) in [6.45, 7) is 10.3. The maximum atomic E-state index is 12.6. The minimum atomic E-state index is -0.434. The standard InChI is InChI=1S/C23H26N4O4S2/c1-5-12-27-18(13-31-17-10-8-7-9-11-17)25-26-23(27)32-14-19(28)24-21-20(22(29)30-6-2)15(3)16(4)33-21/h5,7-11H,1,6,12-14H2,2-4H3,(H,24,28). The van der Waals surface area contributed by atoms with Crippen molar-refractivity contribution in [1.82, 2.24) is 14.8 Å². The number of esters is 1. The Morgan fingerprint density at radius 3 is 2.70 bits per heavy atom. The predicted octanol–water partition coefficient (Wildman–Crippen LogP) is 4.63. The van der Waals surface area contributed by atoms with Gasteiger partial charge < -0.3 is 14.8 Å². The van der Waals surface area contributed by atoms with Gasteiger partial charge in [-0.25, -0.2) is 4.79 Å². The van der Waals surface area contributed by atoms with Crippen LogP contribution in [0.3, 0.4) is 0 Å². The highest BCUT2D eigenvalue weighted by atomic mass is 32.2. The Hall–Kier alpha value is -3.11. The van der Waals surface area contributed by atoms with Crippen LogP contribution in [0.1, 0.15) is 33.5 Å². The fourth-order valence-corrected chi connectivity index (χ4v) is 4.80. The van der Waals surface area contributed by atoms with E-state index in [1.54, 1.807) is 13.0 Å². The van der Waals surface area contributed by atoms with E-state index in [4.69, 9.17) is 9.47 Å². The third kappa shape index (κ3) is 6.23. The molecular weight excluding hydrogens is 460 g/mol. The molecule has 3 rings (SSSR count). The second kappa shape index (κ2) is 11.7. The number of nitrogens with zero attached hydrogens (tertiary/aromatic N) is 3. The highest BCUT2D eigenvalue weighted by Gasteiger charge is 2.22. The SMILES string of the molecule is C=CCn1c(COc2ccccc2)nnc1SCC(=O)Nc1sc(C)c(C)c1C(=O)OCC. The van der Waals surface area contributed by atoms with Crippen molar-refractivity contribution < 1.29 is 19.1 Å². The second-order valence-corrected chi connectivity index (χ2v) is 9.11. The first-order valence-electron chi connectivity index (χ1n) is 10.3. The van der Waals surface area contributed by atoms with E-state index in [0.29, 0.717) is 28.1 Å². The number of ether oxygens (including phenoxy) is 2. The summed E-state index contributed by atoms with van der Waals surface area (Å²) in [7, 11) is 0. The third-order valence-electron chi connectivity index (χ3n) is 4.67. The van der Waals surface area contributed by atoms with E-state index in [0.717, 1.165) is 16.2 Å². The van der Waals surface area contributed by atoms with Crippen LogP contribution in [0.4, 0.5) is 5.00 Å². The molecule has 2 aromatic heterocycles. The largest absolute Gasteiger partial charge is 0.486 e. The monoisotopic (exact) mass is 486 g/mol. The summed E-state index contributed by atoms with van der Waals surface area (Å²) in [6.07, 6.45) is 1.74. The number of para-hydroxylation sites is 1. The van der Waals surface area contributed by atoms with Crippen molar-refractivity contribution in [2.45, 2.75) is 39.1 Å². The van der Waals surface area contributed by atoms with Gasteiger partial charge in [0, 0.05) is 11.4 Å². The predicted molar refractivity (Wildman–Crippen MR) is 130 cm³/mol. The second-order valence-electron chi connectivity index (χ2n) is 6.94. The van der Waals surface area contributed by atoms with E-state index in [-0.39, 0.29) is 24.9 Å². The van der Waals surface area contributed by atoms with Gasteiger partial charge in [-0.05, 0) is 38.5 Å². The number of rotatable bonds is 11. The molecule has 0 aliphatic rings. The molecule has 8 nitrogen and oxygen atoms in total. The van der Waals surface area contributed by atoms with Gasteiger partial charge in [0.25, 0.3) is 0 Å². The summed E-state index contributed by atoms with van der Waals surface area (Å²) in [4.78, 5) is 25.9. The van der Waals surface area contributed by atoms with Crippen LogP contribution >= 0.6 is 23.1 Å². The number of nitrogens with one attached hydrogen (secondary N) is 1. The lowest BCUT2D eigenvalue weighted by Crippen LogP contribution is -2.17. The molecule has 1 amide bonds. The van der Waals surface area contributed by atoms with Gasteiger partial charge in [0.1, 0.15) is 17.4 Å². The highest BCUT2D eigenvalue weighted by molar-refractivity contribution is 7.99. The Labute approximate surface area is 201 Å². The minimum absolute atomic E-state index is 0.104. The Balaban J connectivity index is 1.65. The van der Waals surface area contributed by atoms with Crippen LogP contribution in [-0.2, 0) is 22.7 Å². The summed E-state index contributed by atoms with van der Waals surface area (Å²) in [5, 5.41) is 12.3. The zero-order chi connectivity index (χ0) is 23.8. The zero-order valence-electron chi connectivity index (χ0n) is 18.8. The number of aromatic nitrogens is 3. The average Bonchev–Trinajstić information content (AvgIpc) is 3.31. The van der Waals surface area contributed by atoms with E-state index in [1.165, 1.54) is 23.1 Å². The average molecular weight is 487 g/mol. The smallest absolute Gasteiger partial charge is 0.341 e. The number of allylic oxidation sites excluding steroid dienone is 1. The van der Waals surface area contributed by atoms with Gasteiger partial charge in [0.2, 0.25) is 5.91 Å². The van der Waals surface area contributed by atoms with Gasteiger partial charge in [-0.1, -0.05) is 36.0 Å². The van der Waals surface area contributed by atoms with E-state index in [9.17, 15) is 9.59 Å². The lowest BCUT2D eigenvalue weighted by atomic mass is 10.1.